The zero-order chi connectivity index (χ0) is 14.8. The van der Waals surface area contributed by atoms with E-state index < -0.39 is 0 Å². The van der Waals surface area contributed by atoms with Crippen molar-refractivity contribution in [1.82, 2.24) is 0 Å². The third kappa shape index (κ3) is 2.93. The Morgan fingerprint density at radius 1 is 1.14 bits per heavy atom. The van der Waals surface area contributed by atoms with Gasteiger partial charge >= 0.3 is 0 Å². The smallest absolute Gasteiger partial charge is 0.146 e. The summed E-state index contributed by atoms with van der Waals surface area (Å²) in [6, 6.07) is 13.7. The van der Waals surface area contributed by atoms with Crippen LogP contribution in [0.4, 0.5) is 10.1 Å². The number of nitrogens with two attached hydrogens (primary N) is 1. The SMILES string of the molecule is CC(N)c1ccc(N2CCCc3ccccc3C2)c(F)c1. The van der Waals surface area contributed by atoms with Gasteiger partial charge < -0.3 is 10.6 Å². The summed E-state index contributed by atoms with van der Waals surface area (Å²) in [6.45, 7) is 3.52. The van der Waals surface area contributed by atoms with Crippen LogP contribution in [0, 0.1) is 5.82 Å². The summed E-state index contributed by atoms with van der Waals surface area (Å²) in [4.78, 5) is 2.13. The van der Waals surface area contributed by atoms with Crippen LogP contribution in [0.5, 0.6) is 0 Å². The topological polar surface area (TPSA) is 29.3 Å². The second-order valence-corrected chi connectivity index (χ2v) is 5.79. The van der Waals surface area contributed by atoms with Gasteiger partial charge in [0.05, 0.1) is 5.69 Å². The molecular formula is C18H21FN2. The van der Waals surface area contributed by atoms with Gasteiger partial charge in [-0.25, -0.2) is 4.39 Å². The van der Waals surface area contributed by atoms with E-state index in [0.29, 0.717) is 5.69 Å². The van der Waals surface area contributed by atoms with Gasteiger partial charge in [0.2, 0.25) is 0 Å². The number of benzene rings is 2. The number of anilines is 1. The molecule has 0 aliphatic carbocycles. The van der Waals surface area contributed by atoms with Crippen molar-refractivity contribution in [2.24, 2.45) is 5.73 Å². The van der Waals surface area contributed by atoms with Gasteiger partial charge in [0.25, 0.3) is 0 Å². The average molecular weight is 284 g/mol. The monoisotopic (exact) mass is 284 g/mol. The molecule has 0 radical (unpaired) electrons. The molecule has 0 amide bonds. The van der Waals surface area contributed by atoms with Crippen LogP contribution in [-0.2, 0) is 13.0 Å². The summed E-state index contributed by atoms with van der Waals surface area (Å²) in [5.41, 5.74) is 10.0. The van der Waals surface area contributed by atoms with Crippen molar-refractivity contribution in [3.63, 3.8) is 0 Å². The van der Waals surface area contributed by atoms with Crippen LogP contribution in [0.2, 0.25) is 0 Å². The molecule has 0 fully saturated rings. The van der Waals surface area contributed by atoms with E-state index in [2.05, 4.69) is 29.2 Å². The van der Waals surface area contributed by atoms with E-state index in [1.54, 1.807) is 6.07 Å². The van der Waals surface area contributed by atoms with Crippen molar-refractivity contribution in [3.05, 3.63) is 65.0 Å². The third-order valence-electron chi connectivity index (χ3n) is 4.19. The normalized spacial score (nSPS) is 16.2. The number of hydrogen-bond acceptors (Lipinski definition) is 2. The number of halogens is 1. The maximum atomic E-state index is 14.4. The Balaban J connectivity index is 1.91. The molecule has 3 heteroatoms. The fourth-order valence-electron chi connectivity index (χ4n) is 2.97. The highest BCUT2D eigenvalue weighted by Crippen LogP contribution is 2.27. The van der Waals surface area contributed by atoms with Gasteiger partial charge in [0.15, 0.2) is 0 Å². The molecule has 3 rings (SSSR count). The Kier molecular flexibility index (Phi) is 3.93. The first-order chi connectivity index (χ1) is 10.1. The molecule has 0 spiro atoms. The van der Waals surface area contributed by atoms with E-state index >= 15 is 0 Å². The lowest BCUT2D eigenvalue weighted by Crippen LogP contribution is -2.23. The first-order valence-electron chi connectivity index (χ1n) is 7.52. The van der Waals surface area contributed by atoms with Gasteiger partial charge in [0.1, 0.15) is 5.82 Å². The minimum Gasteiger partial charge on any atom is -0.365 e. The molecule has 0 bridgehead atoms. The van der Waals surface area contributed by atoms with E-state index in [4.69, 9.17) is 5.73 Å². The first-order valence-corrected chi connectivity index (χ1v) is 7.52. The lowest BCUT2D eigenvalue weighted by Gasteiger charge is -2.24. The lowest BCUT2D eigenvalue weighted by molar-refractivity contribution is 0.610. The second kappa shape index (κ2) is 5.86. The molecule has 110 valence electrons. The van der Waals surface area contributed by atoms with Crippen LogP contribution >= 0.6 is 0 Å². The Hall–Kier alpha value is -1.87. The van der Waals surface area contributed by atoms with Crippen molar-refractivity contribution >= 4 is 5.69 Å². The van der Waals surface area contributed by atoms with Crippen molar-refractivity contribution in [1.29, 1.82) is 0 Å². The molecule has 2 aromatic carbocycles. The highest BCUT2D eigenvalue weighted by Gasteiger charge is 2.17. The van der Waals surface area contributed by atoms with Crippen LogP contribution in [0.25, 0.3) is 0 Å². The number of rotatable bonds is 2. The molecular weight excluding hydrogens is 263 g/mol. The maximum absolute atomic E-state index is 14.4. The standard InChI is InChI=1S/C18H21FN2/c1-13(20)15-8-9-18(17(19)11-15)21-10-4-7-14-5-2-3-6-16(14)12-21/h2-3,5-6,8-9,11,13H,4,7,10,12,20H2,1H3. The quantitative estimate of drug-likeness (QED) is 0.909. The molecule has 1 atom stereocenters. The number of fused-ring (bicyclic) bond motifs is 1. The summed E-state index contributed by atoms with van der Waals surface area (Å²) in [5.74, 6) is -0.177. The van der Waals surface area contributed by atoms with Gasteiger partial charge in [0, 0.05) is 19.1 Å². The van der Waals surface area contributed by atoms with Gasteiger partial charge in [-0.15, -0.1) is 0 Å². The van der Waals surface area contributed by atoms with Gasteiger partial charge in [-0.2, -0.15) is 0 Å². The molecule has 1 aliphatic heterocycles. The second-order valence-electron chi connectivity index (χ2n) is 5.79. The van der Waals surface area contributed by atoms with Gasteiger partial charge in [-0.05, 0) is 48.6 Å². The molecule has 0 saturated heterocycles. The lowest BCUT2D eigenvalue weighted by atomic mass is 10.0. The van der Waals surface area contributed by atoms with E-state index in [0.717, 1.165) is 31.5 Å². The summed E-state index contributed by atoms with van der Waals surface area (Å²) in [7, 11) is 0. The van der Waals surface area contributed by atoms with Gasteiger partial charge in [-0.1, -0.05) is 30.3 Å². The van der Waals surface area contributed by atoms with Crippen molar-refractivity contribution < 1.29 is 4.39 Å². The molecule has 1 heterocycles. The van der Waals surface area contributed by atoms with Crippen LogP contribution in [0.15, 0.2) is 42.5 Å². The van der Waals surface area contributed by atoms with Crippen molar-refractivity contribution in [3.8, 4) is 0 Å². The highest BCUT2D eigenvalue weighted by molar-refractivity contribution is 5.51. The largest absolute Gasteiger partial charge is 0.365 e. The number of nitrogens with zero attached hydrogens (tertiary/aromatic N) is 1. The Labute approximate surface area is 125 Å². The average Bonchev–Trinajstić information content (AvgIpc) is 2.69. The van der Waals surface area contributed by atoms with Crippen molar-refractivity contribution in [2.45, 2.75) is 32.4 Å². The molecule has 0 aromatic heterocycles. The molecule has 2 aromatic rings. The van der Waals surface area contributed by atoms with E-state index in [9.17, 15) is 4.39 Å². The summed E-state index contributed by atoms with van der Waals surface area (Å²) in [5, 5.41) is 0. The third-order valence-corrected chi connectivity index (χ3v) is 4.19. The predicted molar refractivity (Wildman–Crippen MR) is 84.8 cm³/mol. The zero-order valence-electron chi connectivity index (χ0n) is 12.3. The molecule has 2 nitrogen and oxygen atoms in total. The molecule has 1 unspecified atom stereocenters. The molecule has 2 N–H and O–H groups in total. The molecule has 1 aliphatic rings. The zero-order valence-corrected chi connectivity index (χ0v) is 12.3. The first kappa shape index (κ1) is 14.1. The minimum atomic E-state index is -0.177. The Bertz CT molecular complexity index is 637. The predicted octanol–water partition coefficient (Wildman–Crippen LogP) is 3.80. The Morgan fingerprint density at radius 3 is 2.62 bits per heavy atom. The summed E-state index contributed by atoms with van der Waals surface area (Å²) in [6.07, 6.45) is 2.11. The number of aryl methyl sites for hydroxylation is 1. The fraction of sp³-hybridized carbons (Fsp3) is 0.333. The summed E-state index contributed by atoms with van der Waals surface area (Å²) < 4.78 is 14.4. The molecule has 21 heavy (non-hydrogen) atoms. The van der Waals surface area contributed by atoms with Crippen LogP contribution in [0.1, 0.15) is 36.1 Å². The summed E-state index contributed by atoms with van der Waals surface area (Å²) >= 11 is 0. The van der Waals surface area contributed by atoms with Crippen LogP contribution in [-0.4, -0.2) is 6.54 Å². The highest BCUT2D eigenvalue weighted by atomic mass is 19.1. The number of hydrogen-bond donors (Lipinski definition) is 1. The molecule has 0 saturated carbocycles. The van der Waals surface area contributed by atoms with E-state index in [1.165, 1.54) is 11.1 Å². The van der Waals surface area contributed by atoms with Crippen LogP contribution < -0.4 is 10.6 Å². The van der Waals surface area contributed by atoms with E-state index in [1.807, 2.05) is 19.1 Å². The fourth-order valence-corrected chi connectivity index (χ4v) is 2.97. The minimum absolute atomic E-state index is 0.140. The maximum Gasteiger partial charge on any atom is 0.146 e. The Morgan fingerprint density at radius 2 is 1.90 bits per heavy atom. The van der Waals surface area contributed by atoms with Crippen molar-refractivity contribution in [2.75, 3.05) is 11.4 Å². The van der Waals surface area contributed by atoms with E-state index in [-0.39, 0.29) is 11.9 Å². The van der Waals surface area contributed by atoms with Crippen LogP contribution in [0.3, 0.4) is 0 Å². The van der Waals surface area contributed by atoms with Gasteiger partial charge in [-0.3, -0.25) is 0 Å².